The van der Waals surface area contributed by atoms with Crippen molar-refractivity contribution < 1.29 is 13.9 Å². The van der Waals surface area contributed by atoms with Crippen LogP contribution in [0.1, 0.15) is 28.0 Å². The molecule has 5 nitrogen and oxygen atoms in total. The topological polar surface area (TPSA) is 58.2 Å². The first-order valence-corrected chi connectivity index (χ1v) is 10.9. The molecule has 0 spiro atoms. The number of nitrogens with one attached hydrogen (secondary N) is 1. The Morgan fingerprint density at radius 1 is 1.00 bits per heavy atom. The quantitative estimate of drug-likeness (QED) is 0.372. The smallest absolute Gasteiger partial charge is 0.254 e. The zero-order valence-corrected chi connectivity index (χ0v) is 18.5. The fourth-order valence-corrected chi connectivity index (χ4v) is 3.63. The molecule has 0 unspecified atom stereocenters. The van der Waals surface area contributed by atoms with Gasteiger partial charge in [0.25, 0.3) is 5.91 Å². The second kappa shape index (κ2) is 10.6. The molecule has 0 aliphatic rings. The van der Waals surface area contributed by atoms with Crippen LogP contribution in [0, 0.1) is 5.82 Å². The van der Waals surface area contributed by atoms with Gasteiger partial charge in [-0.05, 0) is 49.2 Å². The van der Waals surface area contributed by atoms with Gasteiger partial charge in [-0.1, -0.05) is 48.5 Å². The van der Waals surface area contributed by atoms with Crippen LogP contribution in [0.4, 0.5) is 4.39 Å². The van der Waals surface area contributed by atoms with Crippen molar-refractivity contribution in [1.29, 1.82) is 0 Å². The average molecular weight is 444 g/mol. The fourth-order valence-electron chi connectivity index (χ4n) is 3.63. The highest BCUT2D eigenvalue weighted by molar-refractivity contribution is 5.95. The van der Waals surface area contributed by atoms with Crippen molar-refractivity contribution in [2.45, 2.75) is 19.4 Å². The number of carbonyl (C=O) groups excluding carboxylic acids is 1. The summed E-state index contributed by atoms with van der Waals surface area (Å²) in [5.74, 6) is 0.448. The van der Waals surface area contributed by atoms with E-state index in [1.807, 2.05) is 73.8 Å². The number of hydrogen-bond acceptors (Lipinski definition) is 3. The molecule has 0 saturated carbocycles. The summed E-state index contributed by atoms with van der Waals surface area (Å²) >= 11 is 0. The van der Waals surface area contributed by atoms with E-state index in [1.165, 1.54) is 12.1 Å². The van der Waals surface area contributed by atoms with Crippen molar-refractivity contribution in [2.75, 3.05) is 13.6 Å². The zero-order chi connectivity index (χ0) is 23.0. The van der Waals surface area contributed by atoms with Crippen molar-refractivity contribution in [2.24, 2.45) is 0 Å². The molecule has 6 heteroatoms. The minimum Gasteiger partial charge on any atom is -0.489 e. The van der Waals surface area contributed by atoms with Crippen LogP contribution in [-0.4, -0.2) is 34.6 Å². The summed E-state index contributed by atoms with van der Waals surface area (Å²) in [6.07, 6.45) is 1.51. The molecular weight excluding hydrogens is 417 g/mol. The Morgan fingerprint density at radius 2 is 1.79 bits per heavy atom. The van der Waals surface area contributed by atoms with Crippen molar-refractivity contribution >= 4 is 5.91 Å². The first-order chi connectivity index (χ1) is 16.1. The second-order valence-corrected chi connectivity index (χ2v) is 7.88. The van der Waals surface area contributed by atoms with E-state index in [-0.39, 0.29) is 11.7 Å². The first-order valence-electron chi connectivity index (χ1n) is 10.9. The van der Waals surface area contributed by atoms with E-state index in [2.05, 4.69) is 10.2 Å². The van der Waals surface area contributed by atoms with E-state index >= 15 is 0 Å². The first kappa shape index (κ1) is 22.3. The van der Waals surface area contributed by atoms with Crippen molar-refractivity contribution in [3.63, 3.8) is 0 Å². The predicted octanol–water partition coefficient (Wildman–Crippen LogP) is 5.50. The van der Waals surface area contributed by atoms with E-state index in [0.717, 1.165) is 35.4 Å². The second-order valence-electron chi connectivity index (χ2n) is 7.88. The molecule has 0 saturated heterocycles. The van der Waals surface area contributed by atoms with Gasteiger partial charge in [0.1, 0.15) is 18.2 Å². The Labute approximate surface area is 192 Å². The van der Waals surface area contributed by atoms with Crippen LogP contribution >= 0.6 is 0 Å². The standard InChI is InChI=1S/C27H26FN3O2/c1-31(16-8-12-23-18-26(30-29-23)20-10-7-11-22(28)17-20)27(32)25-15-6-5-9-21(25)19-33-24-13-3-2-4-14-24/h2-7,9-11,13-15,17-18H,8,12,16,19H2,1H3,(H,29,30). The van der Waals surface area contributed by atoms with Gasteiger partial charge < -0.3 is 9.64 Å². The van der Waals surface area contributed by atoms with Crippen LogP contribution in [0.5, 0.6) is 5.75 Å². The van der Waals surface area contributed by atoms with E-state index in [0.29, 0.717) is 24.4 Å². The van der Waals surface area contributed by atoms with Gasteiger partial charge in [0.15, 0.2) is 0 Å². The molecule has 0 atom stereocenters. The van der Waals surface area contributed by atoms with Crippen LogP contribution in [-0.2, 0) is 13.0 Å². The number of carbonyl (C=O) groups is 1. The Bertz CT molecular complexity index is 1210. The third kappa shape index (κ3) is 5.86. The number of para-hydroxylation sites is 1. The lowest BCUT2D eigenvalue weighted by Crippen LogP contribution is -2.29. The van der Waals surface area contributed by atoms with Gasteiger partial charge in [0.2, 0.25) is 0 Å². The monoisotopic (exact) mass is 443 g/mol. The highest BCUT2D eigenvalue weighted by Crippen LogP contribution is 2.20. The van der Waals surface area contributed by atoms with Crippen LogP contribution in [0.3, 0.4) is 0 Å². The summed E-state index contributed by atoms with van der Waals surface area (Å²) in [4.78, 5) is 14.8. The van der Waals surface area contributed by atoms with Gasteiger partial charge in [-0.3, -0.25) is 9.89 Å². The van der Waals surface area contributed by atoms with Gasteiger partial charge in [-0.25, -0.2) is 4.39 Å². The number of aryl methyl sites for hydroxylation is 1. The summed E-state index contributed by atoms with van der Waals surface area (Å²) in [7, 11) is 1.81. The maximum Gasteiger partial charge on any atom is 0.254 e. The number of H-pyrrole nitrogens is 1. The molecule has 1 N–H and O–H groups in total. The van der Waals surface area contributed by atoms with Gasteiger partial charge in [0.05, 0.1) is 5.69 Å². The summed E-state index contributed by atoms with van der Waals surface area (Å²) in [5, 5.41) is 7.29. The van der Waals surface area contributed by atoms with Crippen LogP contribution in [0.15, 0.2) is 84.9 Å². The molecular formula is C27H26FN3O2. The Hall–Kier alpha value is -3.93. The van der Waals surface area contributed by atoms with Crippen LogP contribution < -0.4 is 4.74 Å². The highest BCUT2D eigenvalue weighted by atomic mass is 19.1. The van der Waals surface area contributed by atoms with Gasteiger partial charge >= 0.3 is 0 Å². The van der Waals surface area contributed by atoms with E-state index in [1.54, 1.807) is 11.0 Å². The molecule has 1 amide bonds. The summed E-state index contributed by atoms with van der Waals surface area (Å²) in [6, 6.07) is 25.4. The van der Waals surface area contributed by atoms with Gasteiger partial charge in [0, 0.05) is 36.0 Å². The molecule has 3 aromatic carbocycles. The Balaban J connectivity index is 1.32. The number of ether oxygens (including phenoxy) is 1. The number of rotatable bonds is 9. The van der Waals surface area contributed by atoms with Crippen LogP contribution in [0.25, 0.3) is 11.3 Å². The van der Waals surface area contributed by atoms with Gasteiger partial charge in [-0.15, -0.1) is 0 Å². The maximum atomic E-state index is 13.4. The Morgan fingerprint density at radius 3 is 2.61 bits per heavy atom. The highest BCUT2D eigenvalue weighted by Gasteiger charge is 2.16. The SMILES string of the molecule is CN(CCCc1cc(-c2cccc(F)c2)n[nH]1)C(=O)c1ccccc1COc1ccccc1. The molecule has 33 heavy (non-hydrogen) atoms. The number of nitrogens with zero attached hydrogens (tertiary/aromatic N) is 2. The lowest BCUT2D eigenvalue weighted by molar-refractivity contribution is 0.0790. The molecule has 4 aromatic rings. The molecule has 4 rings (SSSR count). The molecule has 0 radical (unpaired) electrons. The number of benzene rings is 3. The summed E-state index contributed by atoms with van der Waals surface area (Å²) in [5.41, 5.74) is 3.89. The van der Waals surface area contributed by atoms with Crippen LogP contribution in [0.2, 0.25) is 0 Å². The van der Waals surface area contributed by atoms with E-state index < -0.39 is 0 Å². The number of halogens is 1. The third-order valence-electron chi connectivity index (χ3n) is 5.42. The number of aromatic amines is 1. The molecule has 1 aromatic heterocycles. The molecule has 0 aliphatic heterocycles. The minimum absolute atomic E-state index is 0.0349. The largest absolute Gasteiger partial charge is 0.489 e. The van der Waals surface area contributed by atoms with Gasteiger partial charge in [-0.2, -0.15) is 5.10 Å². The minimum atomic E-state index is -0.286. The van der Waals surface area contributed by atoms with E-state index in [9.17, 15) is 9.18 Å². The molecule has 168 valence electrons. The molecule has 1 heterocycles. The number of aromatic nitrogens is 2. The fraction of sp³-hybridized carbons (Fsp3) is 0.185. The molecule has 0 fully saturated rings. The van der Waals surface area contributed by atoms with Crippen molar-refractivity contribution in [3.05, 3.63) is 108 Å². The third-order valence-corrected chi connectivity index (χ3v) is 5.42. The van der Waals surface area contributed by atoms with E-state index in [4.69, 9.17) is 4.74 Å². The maximum absolute atomic E-state index is 13.4. The molecule has 0 aliphatic carbocycles. The lowest BCUT2D eigenvalue weighted by Gasteiger charge is -2.19. The summed E-state index contributed by atoms with van der Waals surface area (Å²) < 4.78 is 19.3. The summed E-state index contributed by atoms with van der Waals surface area (Å²) in [6.45, 7) is 0.928. The predicted molar refractivity (Wildman–Crippen MR) is 126 cm³/mol. The van der Waals surface area contributed by atoms with Crippen molar-refractivity contribution in [3.8, 4) is 17.0 Å². The normalized spacial score (nSPS) is 10.7. The Kier molecular flexibility index (Phi) is 7.15. The lowest BCUT2D eigenvalue weighted by atomic mass is 10.1. The molecule has 0 bridgehead atoms. The van der Waals surface area contributed by atoms with Crippen molar-refractivity contribution in [1.82, 2.24) is 15.1 Å². The number of hydrogen-bond donors (Lipinski definition) is 1. The average Bonchev–Trinajstić information content (AvgIpc) is 3.32. The number of amides is 1. The zero-order valence-electron chi connectivity index (χ0n) is 18.5.